The normalized spacial score (nSPS) is 15.8. The van der Waals surface area contributed by atoms with Gasteiger partial charge < -0.3 is 5.11 Å². The van der Waals surface area contributed by atoms with E-state index in [0.29, 0.717) is 4.47 Å². The van der Waals surface area contributed by atoms with Crippen LogP contribution in [0.15, 0.2) is 22.7 Å². The van der Waals surface area contributed by atoms with E-state index in [2.05, 4.69) is 15.9 Å². The Bertz CT molecular complexity index is 492. The largest absolute Gasteiger partial charge is 0.387 e. The third kappa shape index (κ3) is 3.00. The molecule has 1 rings (SSSR count). The predicted octanol–water partition coefficient (Wildman–Crippen LogP) is 1.30. The van der Waals surface area contributed by atoms with Crippen LogP contribution in [0.1, 0.15) is 18.6 Å². The Morgan fingerprint density at radius 2 is 2.06 bits per heavy atom. The molecule has 90 valence electrons. The third-order valence-corrected chi connectivity index (χ3v) is 4.03. The van der Waals surface area contributed by atoms with Gasteiger partial charge in [0.2, 0.25) is 10.0 Å². The van der Waals surface area contributed by atoms with Gasteiger partial charge in [-0.1, -0.05) is 22.0 Å². The summed E-state index contributed by atoms with van der Waals surface area (Å²) >= 11 is 3.06. The smallest absolute Gasteiger partial charge is 0.214 e. The van der Waals surface area contributed by atoms with E-state index in [4.69, 9.17) is 5.14 Å². The molecule has 0 aromatic heterocycles. The summed E-state index contributed by atoms with van der Waals surface area (Å²) in [7, 11) is -3.91. The number of hydrogen-bond donors (Lipinski definition) is 2. The Hall–Kier alpha value is -0.500. The SMILES string of the molecule is C[C@H]([C@@H](O)c1ccc(Br)cc1F)S(N)(=O)=O. The van der Waals surface area contributed by atoms with Crippen molar-refractivity contribution in [2.45, 2.75) is 18.3 Å². The van der Waals surface area contributed by atoms with Crippen molar-refractivity contribution in [2.75, 3.05) is 0 Å². The van der Waals surface area contributed by atoms with E-state index < -0.39 is 27.2 Å². The lowest BCUT2D eigenvalue weighted by Gasteiger charge is -2.17. The van der Waals surface area contributed by atoms with Gasteiger partial charge in [-0.05, 0) is 19.1 Å². The molecule has 0 fully saturated rings. The zero-order valence-electron chi connectivity index (χ0n) is 8.39. The number of primary sulfonamides is 1. The van der Waals surface area contributed by atoms with Crippen molar-refractivity contribution in [3.8, 4) is 0 Å². The number of rotatable bonds is 3. The first-order valence-corrected chi connectivity index (χ1v) is 6.78. The molecular weight excluding hydrogens is 301 g/mol. The Kier molecular flexibility index (Phi) is 4.06. The lowest BCUT2D eigenvalue weighted by Crippen LogP contribution is -2.31. The van der Waals surface area contributed by atoms with Crippen LogP contribution in [-0.2, 0) is 10.0 Å². The highest BCUT2D eigenvalue weighted by molar-refractivity contribution is 9.10. The highest BCUT2D eigenvalue weighted by Gasteiger charge is 2.28. The topological polar surface area (TPSA) is 80.4 Å². The van der Waals surface area contributed by atoms with Gasteiger partial charge in [-0.15, -0.1) is 0 Å². The van der Waals surface area contributed by atoms with Gasteiger partial charge in [0.05, 0.1) is 6.10 Å². The average Bonchev–Trinajstić information content (AvgIpc) is 2.14. The van der Waals surface area contributed by atoms with Crippen LogP contribution in [0.3, 0.4) is 0 Å². The van der Waals surface area contributed by atoms with Gasteiger partial charge in [-0.3, -0.25) is 0 Å². The van der Waals surface area contributed by atoms with Crippen molar-refractivity contribution in [2.24, 2.45) is 5.14 Å². The quantitative estimate of drug-likeness (QED) is 0.883. The fraction of sp³-hybridized carbons (Fsp3) is 0.333. The van der Waals surface area contributed by atoms with Gasteiger partial charge in [0.15, 0.2) is 0 Å². The van der Waals surface area contributed by atoms with Crippen LogP contribution >= 0.6 is 15.9 Å². The molecule has 3 N–H and O–H groups in total. The van der Waals surface area contributed by atoms with Crippen LogP contribution < -0.4 is 5.14 Å². The van der Waals surface area contributed by atoms with E-state index in [9.17, 15) is 17.9 Å². The summed E-state index contributed by atoms with van der Waals surface area (Å²) in [6.45, 7) is 1.22. The lowest BCUT2D eigenvalue weighted by molar-refractivity contribution is 0.171. The summed E-state index contributed by atoms with van der Waals surface area (Å²) in [6, 6.07) is 3.97. The van der Waals surface area contributed by atoms with Crippen LogP contribution in [0.4, 0.5) is 4.39 Å². The molecule has 0 saturated heterocycles. The highest BCUT2D eigenvalue weighted by atomic mass is 79.9. The second-order valence-electron chi connectivity index (χ2n) is 3.40. The van der Waals surface area contributed by atoms with Crippen molar-refractivity contribution in [3.05, 3.63) is 34.1 Å². The molecular formula is C9H11BrFNO3S. The van der Waals surface area contributed by atoms with Gasteiger partial charge in [0.25, 0.3) is 0 Å². The minimum atomic E-state index is -3.91. The second kappa shape index (κ2) is 4.79. The minimum Gasteiger partial charge on any atom is -0.387 e. The van der Waals surface area contributed by atoms with Crippen LogP contribution in [0.2, 0.25) is 0 Å². The summed E-state index contributed by atoms with van der Waals surface area (Å²) in [5, 5.41) is 13.3. The molecule has 0 aliphatic carbocycles. The van der Waals surface area contributed by atoms with Gasteiger partial charge in [-0.2, -0.15) is 0 Å². The van der Waals surface area contributed by atoms with E-state index in [1.165, 1.54) is 19.1 Å². The molecule has 16 heavy (non-hydrogen) atoms. The standard InChI is InChI=1S/C9H11BrFNO3S/c1-5(16(12,14)15)9(13)7-3-2-6(10)4-8(7)11/h2-5,9,13H,1H3,(H2,12,14,15)/t5-,9-/m1/s1. The number of nitrogens with two attached hydrogens (primary N) is 1. The van der Waals surface area contributed by atoms with Crippen molar-refractivity contribution in [1.29, 1.82) is 0 Å². The fourth-order valence-electron chi connectivity index (χ4n) is 1.17. The van der Waals surface area contributed by atoms with Crippen LogP contribution in [0.25, 0.3) is 0 Å². The van der Waals surface area contributed by atoms with Crippen LogP contribution in [-0.4, -0.2) is 18.8 Å². The Balaban J connectivity index is 3.10. The molecule has 7 heteroatoms. The molecule has 0 saturated carbocycles. The van der Waals surface area contributed by atoms with E-state index in [0.717, 1.165) is 6.07 Å². The molecule has 2 atom stereocenters. The van der Waals surface area contributed by atoms with E-state index in [-0.39, 0.29) is 5.56 Å². The number of sulfonamides is 1. The molecule has 0 aliphatic heterocycles. The predicted molar refractivity (Wildman–Crippen MR) is 61.6 cm³/mol. The highest BCUT2D eigenvalue weighted by Crippen LogP contribution is 2.25. The Labute approximate surface area is 101 Å². The monoisotopic (exact) mass is 311 g/mol. The van der Waals surface area contributed by atoms with Crippen molar-refractivity contribution < 1.29 is 17.9 Å². The summed E-state index contributed by atoms with van der Waals surface area (Å²) in [5.74, 6) is -0.683. The van der Waals surface area contributed by atoms with Crippen molar-refractivity contribution in [1.82, 2.24) is 0 Å². The summed E-state index contributed by atoms with van der Waals surface area (Å²) in [5.41, 5.74) is -0.0928. The van der Waals surface area contributed by atoms with Crippen molar-refractivity contribution >= 4 is 26.0 Å². The number of aliphatic hydroxyl groups is 1. The molecule has 0 aliphatic rings. The molecule has 1 aromatic rings. The molecule has 0 bridgehead atoms. The van der Waals surface area contributed by atoms with E-state index >= 15 is 0 Å². The third-order valence-electron chi connectivity index (χ3n) is 2.24. The first-order chi connectivity index (χ1) is 7.23. The van der Waals surface area contributed by atoms with Gasteiger partial charge >= 0.3 is 0 Å². The van der Waals surface area contributed by atoms with Crippen molar-refractivity contribution in [3.63, 3.8) is 0 Å². The maximum atomic E-state index is 13.4. The first-order valence-electron chi connectivity index (χ1n) is 4.38. The molecule has 0 amide bonds. The summed E-state index contributed by atoms with van der Waals surface area (Å²) in [6.07, 6.45) is -1.48. The van der Waals surface area contributed by atoms with Gasteiger partial charge in [-0.25, -0.2) is 17.9 Å². The molecule has 0 unspecified atom stereocenters. The van der Waals surface area contributed by atoms with Crippen LogP contribution in [0.5, 0.6) is 0 Å². The van der Waals surface area contributed by atoms with Gasteiger partial charge in [0.1, 0.15) is 11.1 Å². The summed E-state index contributed by atoms with van der Waals surface area (Å²) in [4.78, 5) is 0. The fourth-order valence-corrected chi connectivity index (χ4v) is 2.01. The van der Waals surface area contributed by atoms with E-state index in [1.807, 2.05) is 0 Å². The Morgan fingerprint density at radius 1 is 1.50 bits per heavy atom. The number of halogens is 2. The lowest BCUT2D eigenvalue weighted by atomic mass is 10.1. The first kappa shape index (κ1) is 13.6. The second-order valence-corrected chi connectivity index (χ2v) is 6.24. The molecule has 0 radical (unpaired) electrons. The van der Waals surface area contributed by atoms with Gasteiger partial charge in [0, 0.05) is 10.0 Å². The van der Waals surface area contributed by atoms with E-state index in [1.54, 1.807) is 0 Å². The molecule has 0 spiro atoms. The maximum absolute atomic E-state index is 13.4. The molecule has 4 nitrogen and oxygen atoms in total. The zero-order chi connectivity index (χ0) is 12.5. The zero-order valence-corrected chi connectivity index (χ0v) is 10.8. The minimum absolute atomic E-state index is 0.0928. The molecule has 1 aromatic carbocycles. The molecule has 0 heterocycles. The maximum Gasteiger partial charge on any atom is 0.214 e. The van der Waals surface area contributed by atoms with Crippen LogP contribution in [0, 0.1) is 5.82 Å². The number of aliphatic hydroxyl groups excluding tert-OH is 1. The number of benzene rings is 1. The average molecular weight is 312 g/mol. The summed E-state index contributed by atoms with van der Waals surface area (Å²) < 4.78 is 35.9. The Morgan fingerprint density at radius 3 is 2.50 bits per heavy atom. The number of hydrogen-bond acceptors (Lipinski definition) is 3.